The van der Waals surface area contributed by atoms with E-state index in [1.807, 2.05) is 39.0 Å². The van der Waals surface area contributed by atoms with Crippen molar-refractivity contribution in [2.24, 2.45) is 5.92 Å². The third-order valence-electron chi connectivity index (χ3n) is 4.65. The molecule has 0 bridgehead atoms. The number of carbonyl (C=O) groups is 1. The fourth-order valence-electron chi connectivity index (χ4n) is 3.10. The number of aromatic nitrogens is 2. The summed E-state index contributed by atoms with van der Waals surface area (Å²) in [6.45, 7) is 6.34. The monoisotopic (exact) mass is 409 g/mol. The zero-order valence-electron chi connectivity index (χ0n) is 15.7. The minimum Gasteiger partial charge on any atom is -0.352 e. The van der Waals surface area contributed by atoms with Gasteiger partial charge in [0.15, 0.2) is 9.84 Å². The predicted molar refractivity (Wildman–Crippen MR) is 107 cm³/mol. The number of carbonyl (C=O) groups excluding carboxylic acids is 1. The molecule has 2 heterocycles. The van der Waals surface area contributed by atoms with Gasteiger partial charge in [0.05, 0.1) is 27.6 Å². The van der Waals surface area contributed by atoms with Crippen LogP contribution in [-0.2, 0) is 15.4 Å². The number of hydrogen-bond acceptors (Lipinski definition) is 4. The first-order valence-electron chi connectivity index (χ1n) is 8.90. The van der Waals surface area contributed by atoms with E-state index in [0.717, 1.165) is 0 Å². The second-order valence-corrected chi connectivity index (χ2v) is 10.6. The van der Waals surface area contributed by atoms with Gasteiger partial charge in [-0.25, -0.2) is 8.42 Å². The molecule has 2 aromatic rings. The van der Waals surface area contributed by atoms with Crippen molar-refractivity contribution in [1.82, 2.24) is 15.1 Å². The number of sulfone groups is 1. The molecule has 8 heteroatoms. The Kier molecular flexibility index (Phi) is 5.36. The summed E-state index contributed by atoms with van der Waals surface area (Å²) < 4.78 is 25.0. The molecule has 1 atom stereocenters. The molecule has 1 aliphatic heterocycles. The highest BCUT2D eigenvalue weighted by atomic mass is 35.5. The van der Waals surface area contributed by atoms with Gasteiger partial charge in [0.2, 0.25) is 0 Å². The van der Waals surface area contributed by atoms with Crippen LogP contribution in [0.5, 0.6) is 0 Å². The van der Waals surface area contributed by atoms with Crippen LogP contribution in [0.3, 0.4) is 0 Å². The molecule has 27 heavy (non-hydrogen) atoms. The van der Waals surface area contributed by atoms with Gasteiger partial charge in [0.1, 0.15) is 5.69 Å². The van der Waals surface area contributed by atoms with Crippen LogP contribution in [0.4, 0.5) is 0 Å². The Labute approximate surface area is 164 Å². The largest absolute Gasteiger partial charge is 0.352 e. The van der Waals surface area contributed by atoms with E-state index in [-0.39, 0.29) is 28.9 Å². The van der Waals surface area contributed by atoms with Crippen LogP contribution in [0.15, 0.2) is 30.5 Å². The molecule has 1 amide bonds. The van der Waals surface area contributed by atoms with Crippen LogP contribution < -0.4 is 5.32 Å². The highest BCUT2D eigenvalue weighted by molar-refractivity contribution is 7.91. The first kappa shape index (κ1) is 19.9. The first-order chi connectivity index (χ1) is 12.6. The van der Waals surface area contributed by atoms with Gasteiger partial charge >= 0.3 is 0 Å². The number of hydrogen-bond donors (Lipinski definition) is 1. The lowest BCUT2D eigenvalue weighted by atomic mass is 10.1. The lowest BCUT2D eigenvalue weighted by Crippen LogP contribution is -2.30. The maximum Gasteiger partial charge on any atom is 0.255 e. The normalized spacial score (nSPS) is 19.2. The SMILES string of the molecule is CC(C)(C)n1cc(C(=O)NCC2CCS(=O)(=O)C2)c(-c2ccccc2Cl)n1. The van der Waals surface area contributed by atoms with Crippen molar-refractivity contribution in [3.63, 3.8) is 0 Å². The fourth-order valence-corrected chi connectivity index (χ4v) is 5.19. The Morgan fingerprint density at radius 3 is 2.63 bits per heavy atom. The van der Waals surface area contributed by atoms with Gasteiger partial charge in [-0.1, -0.05) is 29.8 Å². The number of nitrogens with one attached hydrogen (secondary N) is 1. The highest BCUT2D eigenvalue weighted by Gasteiger charge is 2.29. The van der Waals surface area contributed by atoms with Crippen LogP contribution in [0.1, 0.15) is 37.6 Å². The summed E-state index contributed by atoms with van der Waals surface area (Å²) in [5, 5.41) is 8.01. The summed E-state index contributed by atoms with van der Waals surface area (Å²) in [6.07, 6.45) is 2.31. The van der Waals surface area contributed by atoms with Crippen LogP contribution in [0.2, 0.25) is 5.02 Å². The van der Waals surface area contributed by atoms with E-state index in [1.54, 1.807) is 16.9 Å². The summed E-state index contributed by atoms with van der Waals surface area (Å²) in [6, 6.07) is 7.27. The topological polar surface area (TPSA) is 81.1 Å². The van der Waals surface area contributed by atoms with Gasteiger partial charge < -0.3 is 5.32 Å². The molecule has 3 rings (SSSR count). The minimum absolute atomic E-state index is 0.0413. The Hall–Kier alpha value is -1.86. The average Bonchev–Trinajstić information content (AvgIpc) is 3.16. The van der Waals surface area contributed by atoms with Gasteiger partial charge in [0, 0.05) is 18.3 Å². The van der Waals surface area contributed by atoms with Crippen LogP contribution in [0, 0.1) is 5.92 Å². The van der Waals surface area contributed by atoms with E-state index in [4.69, 9.17) is 11.6 Å². The molecular weight excluding hydrogens is 386 g/mol. The summed E-state index contributed by atoms with van der Waals surface area (Å²) in [4.78, 5) is 12.9. The summed E-state index contributed by atoms with van der Waals surface area (Å²) in [5.41, 5.74) is 1.34. The number of nitrogens with zero attached hydrogens (tertiary/aromatic N) is 2. The molecule has 6 nitrogen and oxygen atoms in total. The molecule has 1 aromatic heterocycles. The highest BCUT2D eigenvalue weighted by Crippen LogP contribution is 2.30. The number of benzene rings is 1. The van der Waals surface area contributed by atoms with Crippen molar-refractivity contribution < 1.29 is 13.2 Å². The van der Waals surface area contributed by atoms with E-state index in [2.05, 4.69) is 10.4 Å². The van der Waals surface area contributed by atoms with E-state index < -0.39 is 9.84 Å². The molecule has 1 saturated heterocycles. The van der Waals surface area contributed by atoms with Crippen LogP contribution in [0.25, 0.3) is 11.3 Å². The summed E-state index contributed by atoms with van der Waals surface area (Å²) in [7, 11) is -2.97. The Bertz CT molecular complexity index is 961. The van der Waals surface area contributed by atoms with Crippen molar-refractivity contribution in [2.75, 3.05) is 18.1 Å². The third-order valence-corrected chi connectivity index (χ3v) is 6.82. The van der Waals surface area contributed by atoms with Gasteiger partial charge in [-0.15, -0.1) is 0 Å². The predicted octanol–water partition coefficient (Wildman–Crippen LogP) is 3.12. The molecule has 0 saturated carbocycles. The molecule has 0 spiro atoms. The molecule has 1 N–H and O–H groups in total. The van der Waals surface area contributed by atoms with E-state index in [1.165, 1.54) is 0 Å². The molecule has 0 radical (unpaired) electrons. The summed E-state index contributed by atoms with van der Waals surface area (Å²) in [5.74, 6) is 0.0109. The third kappa shape index (κ3) is 4.52. The number of amides is 1. The lowest BCUT2D eigenvalue weighted by molar-refractivity contribution is 0.0949. The molecule has 0 aliphatic carbocycles. The second kappa shape index (κ2) is 7.28. The quantitative estimate of drug-likeness (QED) is 0.841. The fraction of sp³-hybridized carbons (Fsp3) is 0.474. The molecule has 1 aliphatic rings. The van der Waals surface area contributed by atoms with Crippen molar-refractivity contribution in [3.8, 4) is 11.3 Å². The minimum atomic E-state index is -2.97. The van der Waals surface area contributed by atoms with E-state index in [9.17, 15) is 13.2 Å². The Morgan fingerprint density at radius 1 is 1.33 bits per heavy atom. The summed E-state index contributed by atoms with van der Waals surface area (Å²) >= 11 is 6.32. The maximum absolute atomic E-state index is 12.9. The first-order valence-corrected chi connectivity index (χ1v) is 11.1. The average molecular weight is 410 g/mol. The van der Waals surface area contributed by atoms with Gasteiger partial charge in [-0.05, 0) is 39.2 Å². The number of halogens is 1. The van der Waals surface area contributed by atoms with Crippen molar-refractivity contribution in [2.45, 2.75) is 32.7 Å². The Balaban J connectivity index is 1.88. The van der Waals surface area contributed by atoms with E-state index >= 15 is 0 Å². The lowest BCUT2D eigenvalue weighted by Gasteiger charge is -2.18. The maximum atomic E-state index is 12.9. The van der Waals surface area contributed by atoms with Crippen LogP contribution in [-0.4, -0.2) is 42.2 Å². The van der Waals surface area contributed by atoms with E-state index in [0.29, 0.717) is 34.8 Å². The van der Waals surface area contributed by atoms with Crippen molar-refractivity contribution in [3.05, 3.63) is 41.0 Å². The van der Waals surface area contributed by atoms with Gasteiger partial charge in [-0.2, -0.15) is 5.10 Å². The van der Waals surface area contributed by atoms with Crippen molar-refractivity contribution in [1.29, 1.82) is 0 Å². The second-order valence-electron chi connectivity index (χ2n) is 7.97. The Morgan fingerprint density at radius 2 is 2.04 bits per heavy atom. The van der Waals surface area contributed by atoms with Crippen LogP contribution >= 0.6 is 11.6 Å². The number of rotatable bonds is 4. The van der Waals surface area contributed by atoms with Gasteiger partial charge in [0.25, 0.3) is 5.91 Å². The standard InChI is InChI=1S/C19H24ClN3O3S/c1-19(2,3)23-11-15(17(22-23)14-6-4-5-7-16(14)20)18(24)21-10-13-8-9-27(25,26)12-13/h4-7,11,13H,8-10,12H2,1-3H3,(H,21,24). The zero-order valence-corrected chi connectivity index (χ0v) is 17.3. The van der Waals surface area contributed by atoms with Crippen molar-refractivity contribution >= 4 is 27.3 Å². The molecule has 146 valence electrons. The molecule has 1 fully saturated rings. The zero-order chi connectivity index (χ0) is 19.8. The molecule has 1 aromatic carbocycles. The van der Waals surface area contributed by atoms with Gasteiger partial charge in [-0.3, -0.25) is 9.48 Å². The smallest absolute Gasteiger partial charge is 0.255 e. The molecule has 1 unspecified atom stereocenters. The molecular formula is C19H24ClN3O3S.